The number of morpholine rings is 1. The van der Waals surface area contributed by atoms with Crippen LogP contribution >= 0.6 is 0 Å². The van der Waals surface area contributed by atoms with Crippen LogP contribution in [0.1, 0.15) is 18.4 Å². The lowest BCUT2D eigenvalue weighted by Gasteiger charge is -2.45. The van der Waals surface area contributed by atoms with Crippen molar-refractivity contribution in [1.82, 2.24) is 15.1 Å². The van der Waals surface area contributed by atoms with Crippen molar-refractivity contribution in [3.63, 3.8) is 0 Å². The third-order valence-electron chi connectivity index (χ3n) is 5.77. The molecule has 1 amide bonds. The summed E-state index contributed by atoms with van der Waals surface area (Å²) in [5.41, 5.74) is 0.668. The van der Waals surface area contributed by atoms with Gasteiger partial charge in [-0.1, -0.05) is 30.3 Å². The van der Waals surface area contributed by atoms with Gasteiger partial charge in [0.25, 0.3) is 0 Å². The number of piperidine rings is 1. The molecular weight excluding hydrogens is 342 g/mol. The Balaban J connectivity index is 1.51. The number of nitrogens with one attached hydrogen (secondary N) is 1. The molecule has 142 valence electrons. The number of guanidine groups is 1. The zero-order chi connectivity index (χ0) is 18.7. The van der Waals surface area contributed by atoms with E-state index in [0.717, 1.165) is 32.5 Å². The number of ether oxygens (including phenoxy) is 1. The van der Waals surface area contributed by atoms with Crippen LogP contribution in [0.2, 0.25) is 0 Å². The maximum atomic E-state index is 12.6. The second kappa shape index (κ2) is 7.67. The average molecular weight is 367 g/mol. The highest BCUT2D eigenvalue weighted by Crippen LogP contribution is 2.36. The highest BCUT2D eigenvalue weighted by Gasteiger charge is 2.49. The van der Waals surface area contributed by atoms with E-state index in [2.05, 4.69) is 45.5 Å². The normalized spacial score (nSPS) is 25.6. The fraction of sp³-hybridized carbons (Fsp3) is 0.550. The first-order valence-electron chi connectivity index (χ1n) is 9.59. The Labute approximate surface area is 159 Å². The lowest BCUT2D eigenvalue weighted by atomic mass is 9.76. The standard InChI is InChI=1S/C20H25N5O2/c21-14-17-18(26)22-19(25-10-12-27-13-11-25)23-20(17)6-8-24(9-7-20)15-16-4-2-1-3-5-16/h1-5,17H,6-13,15H2,(H,22,23,26). The number of nitrogens with zero attached hydrogens (tertiary/aromatic N) is 4. The predicted octanol–water partition coefficient (Wildman–Crippen LogP) is 0.979. The zero-order valence-electron chi connectivity index (χ0n) is 15.4. The molecule has 2 fully saturated rings. The molecule has 1 aromatic carbocycles. The summed E-state index contributed by atoms with van der Waals surface area (Å²) in [6, 6.07) is 12.6. The third-order valence-corrected chi connectivity index (χ3v) is 5.77. The van der Waals surface area contributed by atoms with Crippen molar-refractivity contribution >= 4 is 11.9 Å². The number of benzene rings is 1. The largest absolute Gasteiger partial charge is 0.378 e. The molecule has 0 aromatic heterocycles. The highest BCUT2D eigenvalue weighted by molar-refractivity contribution is 6.02. The van der Waals surface area contributed by atoms with Crippen molar-refractivity contribution < 1.29 is 9.53 Å². The molecule has 7 heteroatoms. The smallest absolute Gasteiger partial charge is 0.246 e. The van der Waals surface area contributed by atoms with Crippen molar-refractivity contribution in [2.24, 2.45) is 10.9 Å². The molecule has 3 heterocycles. The second-order valence-electron chi connectivity index (χ2n) is 7.45. The fourth-order valence-corrected chi connectivity index (χ4v) is 4.17. The van der Waals surface area contributed by atoms with Crippen LogP contribution in [0.25, 0.3) is 0 Å². The maximum Gasteiger partial charge on any atom is 0.246 e. The highest BCUT2D eigenvalue weighted by atomic mass is 16.5. The minimum absolute atomic E-state index is 0.217. The lowest BCUT2D eigenvalue weighted by Crippen LogP contribution is -2.61. The Hall–Kier alpha value is -2.43. The number of carbonyl (C=O) groups excluding carboxylic acids is 1. The van der Waals surface area contributed by atoms with Crippen LogP contribution in [0.15, 0.2) is 35.3 Å². The first kappa shape index (κ1) is 18.0. The fourth-order valence-electron chi connectivity index (χ4n) is 4.17. The number of hydrogen-bond acceptors (Lipinski definition) is 6. The number of likely N-dealkylation sites (tertiary alicyclic amines) is 1. The van der Waals surface area contributed by atoms with Crippen molar-refractivity contribution in [1.29, 1.82) is 5.26 Å². The second-order valence-corrected chi connectivity index (χ2v) is 7.45. The van der Waals surface area contributed by atoms with Crippen LogP contribution in [0.5, 0.6) is 0 Å². The van der Waals surface area contributed by atoms with Gasteiger partial charge in [0.05, 0.1) is 24.8 Å². The van der Waals surface area contributed by atoms with Gasteiger partial charge in [0.1, 0.15) is 0 Å². The minimum Gasteiger partial charge on any atom is -0.378 e. The maximum absolute atomic E-state index is 12.6. The molecule has 0 aliphatic carbocycles. The monoisotopic (exact) mass is 367 g/mol. The third kappa shape index (κ3) is 3.68. The van der Waals surface area contributed by atoms with Gasteiger partial charge in [0, 0.05) is 32.7 Å². The number of nitriles is 1. The Morgan fingerprint density at radius 2 is 1.89 bits per heavy atom. The van der Waals surface area contributed by atoms with Crippen LogP contribution in [0.3, 0.4) is 0 Å². The van der Waals surface area contributed by atoms with E-state index in [1.165, 1.54) is 5.56 Å². The summed E-state index contributed by atoms with van der Waals surface area (Å²) < 4.78 is 5.40. The van der Waals surface area contributed by atoms with Gasteiger partial charge in [-0.25, -0.2) is 4.99 Å². The van der Waals surface area contributed by atoms with E-state index in [1.807, 2.05) is 6.07 Å². The molecule has 4 rings (SSSR count). The summed E-state index contributed by atoms with van der Waals surface area (Å²) >= 11 is 0. The summed E-state index contributed by atoms with van der Waals surface area (Å²) in [7, 11) is 0. The lowest BCUT2D eigenvalue weighted by molar-refractivity contribution is -0.125. The van der Waals surface area contributed by atoms with Crippen LogP contribution in [0, 0.1) is 17.2 Å². The first-order chi connectivity index (χ1) is 13.2. The molecule has 3 aliphatic heterocycles. The molecule has 0 bridgehead atoms. The van der Waals surface area contributed by atoms with Gasteiger partial charge in [0.2, 0.25) is 11.9 Å². The molecule has 7 nitrogen and oxygen atoms in total. The van der Waals surface area contributed by atoms with Gasteiger partial charge in [-0.3, -0.25) is 15.0 Å². The van der Waals surface area contributed by atoms with Crippen LogP contribution < -0.4 is 5.32 Å². The van der Waals surface area contributed by atoms with E-state index < -0.39 is 11.5 Å². The van der Waals surface area contributed by atoms with Gasteiger partial charge in [-0.05, 0) is 18.4 Å². The number of rotatable bonds is 2. The van der Waals surface area contributed by atoms with Gasteiger partial charge >= 0.3 is 0 Å². The molecule has 0 saturated carbocycles. The number of amides is 1. The summed E-state index contributed by atoms with van der Waals surface area (Å²) in [5, 5.41) is 12.5. The Kier molecular flexibility index (Phi) is 5.10. The van der Waals surface area contributed by atoms with Crippen LogP contribution in [0.4, 0.5) is 0 Å². The SMILES string of the molecule is N#CC1C(=O)NC(N2CCOCC2)=NC12CCN(Cc1ccccc1)CC2. The molecule has 27 heavy (non-hydrogen) atoms. The summed E-state index contributed by atoms with van der Waals surface area (Å²) in [5.74, 6) is -0.321. The van der Waals surface area contributed by atoms with Gasteiger partial charge < -0.3 is 9.64 Å². The van der Waals surface area contributed by atoms with E-state index >= 15 is 0 Å². The van der Waals surface area contributed by atoms with E-state index in [1.54, 1.807) is 0 Å². The van der Waals surface area contributed by atoms with Crippen molar-refractivity contribution in [3.8, 4) is 6.07 Å². The summed E-state index contributed by atoms with van der Waals surface area (Å²) in [6.07, 6.45) is 1.44. The molecule has 1 spiro atoms. The first-order valence-corrected chi connectivity index (χ1v) is 9.59. The molecule has 1 atom stereocenters. The van der Waals surface area contributed by atoms with E-state index in [9.17, 15) is 10.1 Å². The number of carbonyl (C=O) groups is 1. The Morgan fingerprint density at radius 1 is 1.19 bits per heavy atom. The number of hydrogen-bond donors (Lipinski definition) is 1. The zero-order valence-corrected chi connectivity index (χ0v) is 15.4. The quantitative estimate of drug-likeness (QED) is 0.843. The molecule has 1 aromatic rings. The van der Waals surface area contributed by atoms with E-state index in [-0.39, 0.29) is 5.91 Å². The topological polar surface area (TPSA) is 81.0 Å². The van der Waals surface area contributed by atoms with Crippen molar-refractivity contribution in [2.45, 2.75) is 24.9 Å². The molecular formula is C20H25N5O2. The van der Waals surface area contributed by atoms with Crippen molar-refractivity contribution in [2.75, 3.05) is 39.4 Å². The number of aliphatic imine (C=N–C) groups is 1. The molecule has 0 radical (unpaired) electrons. The summed E-state index contributed by atoms with van der Waals surface area (Å²) in [4.78, 5) is 22.0. The molecule has 2 saturated heterocycles. The molecule has 1 N–H and O–H groups in total. The van der Waals surface area contributed by atoms with E-state index in [0.29, 0.717) is 32.3 Å². The summed E-state index contributed by atoms with van der Waals surface area (Å²) in [6.45, 7) is 5.25. The van der Waals surface area contributed by atoms with Gasteiger partial charge in [-0.15, -0.1) is 0 Å². The van der Waals surface area contributed by atoms with Gasteiger partial charge in [-0.2, -0.15) is 5.26 Å². The minimum atomic E-state index is -0.721. The van der Waals surface area contributed by atoms with Gasteiger partial charge in [0.15, 0.2) is 5.92 Å². The van der Waals surface area contributed by atoms with Crippen LogP contribution in [-0.2, 0) is 16.1 Å². The van der Waals surface area contributed by atoms with Crippen molar-refractivity contribution in [3.05, 3.63) is 35.9 Å². The molecule has 3 aliphatic rings. The predicted molar refractivity (Wildman–Crippen MR) is 101 cm³/mol. The Morgan fingerprint density at radius 3 is 2.56 bits per heavy atom. The van der Waals surface area contributed by atoms with E-state index in [4.69, 9.17) is 9.73 Å². The molecule has 1 unspecified atom stereocenters. The average Bonchev–Trinajstić information content (AvgIpc) is 2.71. The van der Waals surface area contributed by atoms with Crippen LogP contribution in [-0.4, -0.2) is 66.6 Å². The Bertz CT molecular complexity index is 743.